The summed E-state index contributed by atoms with van der Waals surface area (Å²) in [5, 5.41) is 0. The van der Waals surface area contributed by atoms with Crippen LogP contribution in [0, 0.1) is 6.92 Å². The van der Waals surface area contributed by atoms with E-state index in [-0.39, 0.29) is 17.7 Å². The SMILES string of the molecule is Cc1ccc2c(c1)C(=O)CC1(CCN(C(=O)C(C)n3cnc4ccccc43)CC1)O2. The fraction of sp³-hybridized carbons (Fsp3) is 0.375. The van der Waals surface area contributed by atoms with E-state index in [2.05, 4.69) is 4.98 Å². The summed E-state index contributed by atoms with van der Waals surface area (Å²) < 4.78 is 8.26. The fourth-order valence-electron chi connectivity index (χ4n) is 4.69. The van der Waals surface area contributed by atoms with Crippen LogP contribution in [0.2, 0.25) is 0 Å². The molecule has 1 atom stereocenters. The van der Waals surface area contributed by atoms with E-state index in [0.717, 1.165) is 16.6 Å². The summed E-state index contributed by atoms with van der Waals surface area (Å²) in [4.78, 5) is 32.2. The number of aromatic nitrogens is 2. The first-order chi connectivity index (χ1) is 14.5. The third-order valence-corrected chi connectivity index (χ3v) is 6.49. The minimum absolute atomic E-state index is 0.0752. The first kappa shape index (κ1) is 18.9. The average Bonchev–Trinajstić information content (AvgIpc) is 3.18. The molecule has 3 aromatic rings. The van der Waals surface area contributed by atoms with Crippen LogP contribution in [-0.4, -0.2) is 44.8 Å². The fourth-order valence-corrected chi connectivity index (χ4v) is 4.69. The Bertz CT molecular complexity index is 1140. The minimum atomic E-state index is -0.499. The molecule has 0 bridgehead atoms. The molecule has 1 fully saturated rings. The molecule has 0 aliphatic carbocycles. The molecule has 1 saturated heterocycles. The highest BCUT2D eigenvalue weighted by atomic mass is 16.5. The molecular weight excluding hydrogens is 378 g/mol. The Morgan fingerprint density at radius 3 is 2.73 bits per heavy atom. The quantitative estimate of drug-likeness (QED) is 0.650. The Hall–Kier alpha value is -3.15. The lowest BCUT2D eigenvalue weighted by Crippen LogP contribution is -2.53. The molecule has 1 amide bonds. The number of hydrogen-bond donors (Lipinski definition) is 0. The number of imidazole rings is 1. The number of ketones is 1. The van der Waals surface area contributed by atoms with Crippen LogP contribution in [0.3, 0.4) is 0 Å². The molecular formula is C24H25N3O3. The van der Waals surface area contributed by atoms with Crippen LogP contribution >= 0.6 is 0 Å². The average molecular weight is 403 g/mol. The van der Waals surface area contributed by atoms with Gasteiger partial charge in [-0.3, -0.25) is 9.59 Å². The molecule has 154 valence electrons. The number of hydrogen-bond acceptors (Lipinski definition) is 4. The van der Waals surface area contributed by atoms with Crippen molar-refractivity contribution in [2.45, 2.75) is 44.8 Å². The molecule has 1 aromatic heterocycles. The molecule has 0 saturated carbocycles. The maximum atomic E-state index is 13.2. The molecule has 1 spiro atoms. The van der Waals surface area contributed by atoms with Gasteiger partial charge in [0, 0.05) is 25.9 Å². The lowest BCUT2D eigenvalue weighted by molar-refractivity contribution is -0.137. The van der Waals surface area contributed by atoms with Gasteiger partial charge in [0.1, 0.15) is 17.4 Å². The zero-order valence-electron chi connectivity index (χ0n) is 17.3. The molecule has 30 heavy (non-hydrogen) atoms. The summed E-state index contributed by atoms with van der Waals surface area (Å²) >= 11 is 0. The summed E-state index contributed by atoms with van der Waals surface area (Å²) in [6.07, 6.45) is 3.44. The van der Waals surface area contributed by atoms with Gasteiger partial charge in [0.25, 0.3) is 0 Å². The number of rotatable bonds is 2. The van der Waals surface area contributed by atoms with Crippen molar-refractivity contribution in [3.05, 3.63) is 59.9 Å². The number of likely N-dealkylation sites (tertiary alicyclic amines) is 1. The first-order valence-corrected chi connectivity index (χ1v) is 10.5. The zero-order valence-corrected chi connectivity index (χ0v) is 17.3. The number of carbonyl (C=O) groups excluding carboxylic acids is 2. The molecule has 2 aromatic carbocycles. The van der Waals surface area contributed by atoms with Crippen LogP contribution in [0.15, 0.2) is 48.8 Å². The van der Waals surface area contributed by atoms with Gasteiger partial charge < -0.3 is 14.2 Å². The molecule has 2 aliphatic heterocycles. The maximum Gasteiger partial charge on any atom is 0.245 e. The number of amides is 1. The number of piperidine rings is 1. The van der Waals surface area contributed by atoms with Crippen LogP contribution < -0.4 is 4.74 Å². The van der Waals surface area contributed by atoms with Gasteiger partial charge in [-0.05, 0) is 38.1 Å². The van der Waals surface area contributed by atoms with Crippen molar-refractivity contribution in [1.82, 2.24) is 14.5 Å². The van der Waals surface area contributed by atoms with Crippen molar-refractivity contribution >= 4 is 22.7 Å². The van der Waals surface area contributed by atoms with Crippen molar-refractivity contribution in [2.75, 3.05) is 13.1 Å². The Kier molecular flexibility index (Phi) is 4.38. The standard InChI is InChI=1S/C24H25N3O3/c1-16-7-8-22-18(13-16)21(28)14-24(30-22)9-11-26(12-10-24)23(29)17(2)27-15-25-19-5-3-4-6-20(19)27/h3-8,13,15,17H,9-12,14H2,1-2H3. The molecule has 0 N–H and O–H groups in total. The largest absolute Gasteiger partial charge is 0.486 e. The number of fused-ring (bicyclic) bond motifs is 2. The Balaban J connectivity index is 1.30. The van der Waals surface area contributed by atoms with E-state index in [1.54, 1.807) is 6.33 Å². The topological polar surface area (TPSA) is 64.4 Å². The van der Waals surface area contributed by atoms with E-state index >= 15 is 0 Å². The molecule has 2 aliphatic rings. The normalized spacial score (nSPS) is 18.9. The second-order valence-corrected chi connectivity index (χ2v) is 8.53. The molecule has 3 heterocycles. The second kappa shape index (κ2) is 6.97. The van der Waals surface area contributed by atoms with Crippen molar-refractivity contribution < 1.29 is 14.3 Å². The van der Waals surface area contributed by atoms with Crippen LogP contribution in [0.4, 0.5) is 0 Å². The van der Waals surface area contributed by atoms with Gasteiger partial charge in [-0.15, -0.1) is 0 Å². The van der Waals surface area contributed by atoms with Crippen molar-refractivity contribution in [2.24, 2.45) is 0 Å². The first-order valence-electron chi connectivity index (χ1n) is 10.5. The predicted molar refractivity (Wildman–Crippen MR) is 114 cm³/mol. The smallest absolute Gasteiger partial charge is 0.245 e. The van der Waals surface area contributed by atoms with E-state index in [1.165, 1.54) is 0 Å². The monoisotopic (exact) mass is 403 g/mol. The predicted octanol–water partition coefficient (Wildman–Crippen LogP) is 3.93. The number of ether oxygens (including phenoxy) is 1. The number of aryl methyl sites for hydroxylation is 1. The Morgan fingerprint density at radius 1 is 1.17 bits per heavy atom. The molecule has 5 rings (SSSR count). The van der Waals surface area contributed by atoms with Gasteiger partial charge in [0.15, 0.2) is 5.78 Å². The van der Waals surface area contributed by atoms with Crippen molar-refractivity contribution in [3.8, 4) is 5.75 Å². The third kappa shape index (κ3) is 3.07. The summed E-state index contributed by atoms with van der Waals surface area (Å²) in [6.45, 7) is 5.07. The summed E-state index contributed by atoms with van der Waals surface area (Å²) in [7, 11) is 0. The van der Waals surface area contributed by atoms with E-state index in [4.69, 9.17) is 4.74 Å². The molecule has 6 nitrogen and oxygen atoms in total. The molecule has 6 heteroatoms. The number of para-hydroxylation sites is 2. The van der Waals surface area contributed by atoms with E-state index < -0.39 is 5.60 Å². The van der Waals surface area contributed by atoms with E-state index in [0.29, 0.717) is 43.7 Å². The van der Waals surface area contributed by atoms with Gasteiger partial charge in [-0.1, -0.05) is 23.8 Å². The number of nitrogens with zero attached hydrogens (tertiary/aromatic N) is 3. The number of benzene rings is 2. The van der Waals surface area contributed by atoms with Gasteiger partial charge in [0.05, 0.1) is 29.3 Å². The molecule has 1 unspecified atom stereocenters. The second-order valence-electron chi connectivity index (χ2n) is 8.53. The van der Waals surface area contributed by atoms with Crippen LogP contribution in [0.25, 0.3) is 11.0 Å². The number of carbonyl (C=O) groups is 2. The van der Waals surface area contributed by atoms with Gasteiger partial charge >= 0.3 is 0 Å². The van der Waals surface area contributed by atoms with Gasteiger partial charge in [0.2, 0.25) is 5.91 Å². The summed E-state index contributed by atoms with van der Waals surface area (Å²) in [5.74, 6) is 0.888. The molecule has 0 radical (unpaired) electrons. The highest BCUT2D eigenvalue weighted by Crippen LogP contribution is 2.40. The number of Topliss-reactive ketones (excluding diaryl/α,β-unsaturated/α-hetero) is 1. The minimum Gasteiger partial charge on any atom is -0.486 e. The summed E-state index contributed by atoms with van der Waals surface area (Å²) in [6, 6.07) is 13.3. The van der Waals surface area contributed by atoms with Crippen LogP contribution in [0.1, 0.15) is 48.1 Å². The summed E-state index contributed by atoms with van der Waals surface area (Å²) in [5.41, 5.74) is 3.08. The highest BCUT2D eigenvalue weighted by Gasteiger charge is 2.44. The van der Waals surface area contributed by atoms with E-state index in [9.17, 15) is 9.59 Å². The van der Waals surface area contributed by atoms with Crippen molar-refractivity contribution in [3.63, 3.8) is 0 Å². The zero-order chi connectivity index (χ0) is 20.9. The van der Waals surface area contributed by atoms with Gasteiger partial charge in [-0.25, -0.2) is 4.98 Å². The van der Waals surface area contributed by atoms with E-state index in [1.807, 2.05) is 65.8 Å². The van der Waals surface area contributed by atoms with Crippen LogP contribution in [-0.2, 0) is 4.79 Å². The van der Waals surface area contributed by atoms with Crippen molar-refractivity contribution in [1.29, 1.82) is 0 Å². The van der Waals surface area contributed by atoms with Crippen LogP contribution in [0.5, 0.6) is 5.75 Å². The maximum absolute atomic E-state index is 13.2. The Labute approximate surface area is 175 Å². The lowest BCUT2D eigenvalue weighted by Gasteiger charge is -2.44. The van der Waals surface area contributed by atoms with Gasteiger partial charge in [-0.2, -0.15) is 0 Å². The Morgan fingerprint density at radius 2 is 1.93 bits per heavy atom. The third-order valence-electron chi connectivity index (χ3n) is 6.49. The lowest BCUT2D eigenvalue weighted by atomic mass is 9.82. The highest BCUT2D eigenvalue weighted by molar-refractivity contribution is 6.00.